The SMILES string of the molecule is O=C1c2cccc3cc(S(=O)(=O)[O-])cc(c23)C(=O)N1Cc1ccc(F)cc1. The first-order valence-corrected chi connectivity index (χ1v) is 9.30. The average molecular weight is 384 g/mol. The van der Waals surface area contributed by atoms with E-state index in [1.165, 1.54) is 36.4 Å². The van der Waals surface area contributed by atoms with E-state index in [0.29, 0.717) is 16.3 Å². The van der Waals surface area contributed by atoms with Crippen LogP contribution < -0.4 is 0 Å². The highest BCUT2D eigenvalue weighted by molar-refractivity contribution is 7.85. The summed E-state index contributed by atoms with van der Waals surface area (Å²) in [5.41, 5.74) is 0.736. The lowest BCUT2D eigenvalue weighted by atomic mass is 9.94. The predicted octanol–water partition coefficient (Wildman–Crippen LogP) is 2.68. The first-order valence-electron chi connectivity index (χ1n) is 7.89. The summed E-state index contributed by atoms with van der Waals surface area (Å²) in [6, 6.07) is 12.1. The molecule has 8 heteroatoms. The average Bonchev–Trinajstić information content (AvgIpc) is 2.63. The highest BCUT2D eigenvalue weighted by Crippen LogP contribution is 2.33. The van der Waals surface area contributed by atoms with Gasteiger partial charge in [0.15, 0.2) is 0 Å². The molecule has 1 heterocycles. The summed E-state index contributed by atoms with van der Waals surface area (Å²) in [4.78, 5) is 26.1. The van der Waals surface area contributed by atoms with E-state index >= 15 is 0 Å². The lowest BCUT2D eigenvalue weighted by Gasteiger charge is -2.28. The maximum atomic E-state index is 13.1. The van der Waals surface area contributed by atoms with Crippen molar-refractivity contribution in [2.24, 2.45) is 0 Å². The zero-order valence-electron chi connectivity index (χ0n) is 13.7. The van der Waals surface area contributed by atoms with Gasteiger partial charge in [0, 0.05) is 16.5 Å². The number of hydrogen-bond acceptors (Lipinski definition) is 5. The van der Waals surface area contributed by atoms with Crippen LogP contribution in [0.25, 0.3) is 10.8 Å². The lowest BCUT2D eigenvalue weighted by Crippen LogP contribution is -2.39. The Kier molecular flexibility index (Phi) is 3.83. The van der Waals surface area contributed by atoms with Crippen molar-refractivity contribution >= 4 is 32.7 Å². The Bertz CT molecular complexity index is 1220. The largest absolute Gasteiger partial charge is 0.744 e. The molecular formula is C19H11FNO5S-. The Morgan fingerprint density at radius 3 is 2.26 bits per heavy atom. The van der Waals surface area contributed by atoms with Crippen molar-refractivity contribution in [1.29, 1.82) is 0 Å². The Hall–Kier alpha value is -3.10. The minimum Gasteiger partial charge on any atom is -0.744 e. The number of rotatable bonds is 3. The lowest BCUT2D eigenvalue weighted by molar-refractivity contribution is 0.0598. The van der Waals surface area contributed by atoms with Crippen LogP contribution in [0.15, 0.2) is 59.5 Å². The van der Waals surface area contributed by atoms with Crippen LogP contribution in [-0.2, 0) is 16.7 Å². The van der Waals surface area contributed by atoms with Crippen molar-refractivity contribution in [2.45, 2.75) is 11.4 Å². The fourth-order valence-corrected chi connectivity index (χ4v) is 3.72. The van der Waals surface area contributed by atoms with Crippen molar-refractivity contribution in [3.63, 3.8) is 0 Å². The molecule has 0 spiro atoms. The normalized spacial score (nSPS) is 14.1. The molecule has 0 saturated heterocycles. The Labute approximate surface area is 153 Å². The van der Waals surface area contributed by atoms with Crippen LogP contribution >= 0.6 is 0 Å². The van der Waals surface area contributed by atoms with Crippen LogP contribution in [0.1, 0.15) is 26.3 Å². The van der Waals surface area contributed by atoms with E-state index < -0.39 is 32.6 Å². The van der Waals surface area contributed by atoms with Crippen molar-refractivity contribution in [2.75, 3.05) is 0 Å². The summed E-state index contributed by atoms with van der Waals surface area (Å²) in [5.74, 6) is -1.70. The molecular weight excluding hydrogens is 373 g/mol. The second kappa shape index (κ2) is 5.97. The van der Waals surface area contributed by atoms with Crippen molar-refractivity contribution < 1.29 is 27.0 Å². The molecule has 2 amide bonds. The summed E-state index contributed by atoms with van der Waals surface area (Å²) >= 11 is 0. The minimum atomic E-state index is -4.78. The smallest absolute Gasteiger partial charge is 0.261 e. The van der Waals surface area contributed by atoms with Crippen molar-refractivity contribution in [3.05, 3.63) is 77.1 Å². The van der Waals surface area contributed by atoms with Gasteiger partial charge < -0.3 is 4.55 Å². The number of hydrogen-bond donors (Lipinski definition) is 0. The summed E-state index contributed by atoms with van der Waals surface area (Å²) in [5, 5.41) is 0.637. The number of carbonyl (C=O) groups excluding carboxylic acids is 2. The standard InChI is InChI=1S/C19H12FNO5S/c20-13-6-4-11(5-7-13)10-21-18(22)15-3-1-2-12-8-14(27(24,25)26)9-16(17(12)15)19(21)23/h1-9H,10H2,(H,24,25,26)/p-1. The van der Waals surface area contributed by atoms with Gasteiger partial charge in [0.2, 0.25) is 0 Å². The third-order valence-corrected chi connectivity index (χ3v) is 5.26. The molecule has 3 aromatic rings. The fourth-order valence-electron chi connectivity index (χ4n) is 3.19. The van der Waals surface area contributed by atoms with Crippen LogP contribution in [-0.4, -0.2) is 29.7 Å². The zero-order chi connectivity index (χ0) is 19.3. The Morgan fingerprint density at radius 1 is 0.926 bits per heavy atom. The Balaban J connectivity index is 1.88. The third-order valence-electron chi connectivity index (χ3n) is 4.44. The Morgan fingerprint density at radius 2 is 1.59 bits per heavy atom. The topological polar surface area (TPSA) is 94.6 Å². The molecule has 3 aromatic carbocycles. The summed E-state index contributed by atoms with van der Waals surface area (Å²) in [7, 11) is -4.78. The van der Waals surface area contributed by atoms with E-state index in [4.69, 9.17) is 0 Å². The third kappa shape index (κ3) is 2.88. The molecule has 4 rings (SSSR count). The fraction of sp³-hybridized carbons (Fsp3) is 0.0526. The summed E-state index contributed by atoms with van der Waals surface area (Å²) in [6.45, 7) is -0.109. The van der Waals surface area contributed by atoms with E-state index in [-0.39, 0.29) is 17.7 Å². The van der Waals surface area contributed by atoms with Crippen molar-refractivity contribution in [3.8, 4) is 0 Å². The second-order valence-electron chi connectivity index (χ2n) is 6.15. The molecule has 1 aliphatic heterocycles. The second-order valence-corrected chi connectivity index (χ2v) is 7.53. The van der Waals surface area contributed by atoms with E-state index in [2.05, 4.69) is 0 Å². The van der Waals surface area contributed by atoms with E-state index in [0.717, 1.165) is 17.0 Å². The molecule has 0 saturated carbocycles. The number of amides is 2. The highest BCUT2D eigenvalue weighted by atomic mass is 32.2. The van der Waals surface area contributed by atoms with Gasteiger partial charge in [-0.25, -0.2) is 12.8 Å². The molecule has 1 aliphatic rings. The van der Waals surface area contributed by atoms with Gasteiger partial charge in [0.25, 0.3) is 11.8 Å². The molecule has 27 heavy (non-hydrogen) atoms. The van der Waals surface area contributed by atoms with Gasteiger partial charge in [-0.3, -0.25) is 14.5 Å². The van der Waals surface area contributed by atoms with Gasteiger partial charge in [-0.05, 0) is 41.3 Å². The quantitative estimate of drug-likeness (QED) is 0.511. The van der Waals surface area contributed by atoms with Crippen molar-refractivity contribution in [1.82, 2.24) is 4.90 Å². The zero-order valence-corrected chi connectivity index (χ0v) is 14.5. The van der Waals surface area contributed by atoms with Crippen LogP contribution in [0.3, 0.4) is 0 Å². The molecule has 0 atom stereocenters. The number of benzene rings is 3. The number of nitrogens with zero attached hydrogens (tertiary/aromatic N) is 1. The van der Waals surface area contributed by atoms with Gasteiger partial charge in [-0.1, -0.05) is 24.3 Å². The predicted molar refractivity (Wildman–Crippen MR) is 92.5 cm³/mol. The molecule has 0 unspecified atom stereocenters. The first kappa shape index (κ1) is 17.3. The first-order chi connectivity index (χ1) is 12.8. The van der Waals surface area contributed by atoms with Gasteiger partial charge in [0.05, 0.1) is 11.4 Å². The monoisotopic (exact) mass is 384 g/mol. The van der Waals surface area contributed by atoms with Gasteiger partial charge in [-0.2, -0.15) is 0 Å². The molecule has 136 valence electrons. The minimum absolute atomic E-state index is 0.0285. The molecule has 0 aromatic heterocycles. The maximum Gasteiger partial charge on any atom is 0.261 e. The highest BCUT2D eigenvalue weighted by Gasteiger charge is 2.33. The molecule has 0 bridgehead atoms. The van der Waals surface area contributed by atoms with Crippen LogP contribution in [0.2, 0.25) is 0 Å². The van der Waals surface area contributed by atoms with Crippen LogP contribution in [0.5, 0.6) is 0 Å². The molecule has 0 N–H and O–H groups in total. The van der Waals surface area contributed by atoms with Crippen LogP contribution in [0, 0.1) is 5.82 Å². The van der Waals surface area contributed by atoms with E-state index in [9.17, 15) is 27.0 Å². The van der Waals surface area contributed by atoms with Gasteiger partial charge in [-0.15, -0.1) is 0 Å². The molecule has 0 fully saturated rings. The summed E-state index contributed by atoms with van der Waals surface area (Å²) < 4.78 is 47.4. The maximum absolute atomic E-state index is 13.1. The number of halogens is 1. The van der Waals surface area contributed by atoms with E-state index in [1.54, 1.807) is 6.07 Å². The molecule has 6 nitrogen and oxygen atoms in total. The number of carbonyl (C=O) groups is 2. The molecule has 0 aliphatic carbocycles. The van der Waals surface area contributed by atoms with Gasteiger partial charge >= 0.3 is 0 Å². The molecule has 0 radical (unpaired) electrons. The summed E-state index contributed by atoms with van der Waals surface area (Å²) in [6.07, 6.45) is 0. The van der Waals surface area contributed by atoms with Crippen LogP contribution in [0.4, 0.5) is 4.39 Å². The van der Waals surface area contributed by atoms with E-state index in [1.807, 2.05) is 0 Å². The number of imide groups is 1. The van der Waals surface area contributed by atoms with Gasteiger partial charge in [0.1, 0.15) is 15.9 Å².